The molecule has 4 aromatic carbocycles. The highest BCUT2D eigenvalue weighted by Crippen LogP contribution is 2.47. The first kappa shape index (κ1) is 65.9. The Kier molecular flexibility index (Phi) is 19.7. The molecule has 0 radical (unpaired) electrons. The van der Waals surface area contributed by atoms with Gasteiger partial charge in [-0.1, -0.05) is 0 Å². The average Bonchev–Trinajstić information content (AvgIpc) is 1.42. The molecule has 2 aliphatic heterocycles. The van der Waals surface area contributed by atoms with Gasteiger partial charge in [0, 0.05) is 44.3 Å². The van der Waals surface area contributed by atoms with E-state index in [1.807, 2.05) is 0 Å². The van der Waals surface area contributed by atoms with Crippen LogP contribution in [0, 0.1) is 93.1 Å². The third-order valence-electron chi connectivity index (χ3n) is 13.9. The lowest BCUT2D eigenvalue weighted by molar-refractivity contribution is 0.0504. The summed E-state index contributed by atoms with van der Waals surface area (Å²) in [6.45, 7) is -9.15. The van der Waals surface area contributed by atoms with E-state index in [9.17, 15) is 40.9 Å². The molecule has 0 spiro atoms. The minimum atomic E-state index is -2.38. The van der Waals surface area contributed by atoms with E-state index >= 15 is 70.2 Å². The number of nitrogens with zero attached hydrogens (tertiary/aromatic N) is 2. The maximum Gasteiger partial charge on any atom is 0.204 e. The predicted octanol–water partition coefficient (Wildman–Crippen LogP) is 8.87. The van der Waals surface area contributed by atoms with Crippen LogP contribution in [0.4, 0.5) is 70.2 Å². The summed E-state index contributed by atoms with van der Waals surface area (Å²) in [7, 11) is 0. The van der Waals surface area contributed by atoms with Crippen molar-refractivity contribution in [3.63, 3.8) is 0 Å². The summed E-state index contributed by atoms with van der Waals surface area (Å²) in [6.07, 6.45) is -8.07. The first-order valence-corrected chi connectivity index (χ1v) is 26.4. The van der Waals surface area contributed by atoms with E-state index in [1.54, 1.807) is 0 Å². The molecule has 5 heterocycles. The number of hydrogen-bond acceptors (Lipinski definition) is 14. The van der Waals surface area contributed by atoms with Crippen LogP contribution in [0.3, 0.4) is 0 Å². The van der Waals surface area contributed by atoms with Gasteiger partial charge in [-0.2, -0.15) is 35.1 Å². The minimum absolute atomic E-state index is 0.271. The first-order chi connectivity index (χ1) is 42.8. The number of rotatable bonds is 20. The molecule has 0 saturated carbocycles. The number of aliphatic hydroxyl groups excluding tert-OH is 8. The summed E-state index contributed by atoms with van der Waals surface area (Å²) in [5, 5.41) is 76.3. The molecule has 4 atom stereocenters. The zero-order chi connectivity index (χ0) is 65.5. The Morgan fingerprint density at radius 2 is 0.544 bits per heavy atom. The molecule has 90 heavy (non-hydrogen) atoms. The molecule has 4 unspecified atom stereocenters. The van der Waals surface area contributed by atoms with Gasteiger partial charge in [0.2, 0.25) is 46.5 Å². The smallest absolute Gasteiger partial charge is 0.204 e. The molecule has 0 fully saturated rings. The Hall–Kier alpha value is -8.50. The van der Waals surface area contributed by atoms with E-state index in [2.05, 4.69) is 19.9 Å². The zero-order valence-electron chi connectivity index (χ0n) is 45.4. The van der Waals surface area contributed by atoms with Crippen LogP contribution in [-0.4, -0.2) is 138 Å². The predicted molar refractivity (Wildman–Crippen MR) is 282 cm³/mol. The summed E-state index contributed by atoms with van der Waals surface area (Å²) >= 11 is 0. The van der Waals surface area contributed by atoms with Crippen LogP contribution in [0.1, 0.15) is 35.6 Å². The van der Waals surface area contributed by atoms with Gasteiger partial charge in [-0.05, 0) is 62.1 Å². The maximum atomic E-state index is 17.0. The molecular weight excluding hydrogens is 1250 g/mol. The van der Waals surface area contributed by atoms with Crippen LogP contribution in [0.15, 0.2) is 24.3 Å². The fourth-order valence-corrected chi connectivity index (χ4v) is 9.67. The Balaban J connectivity index is 1.53. The number of aromatic nitrogens is 4. The van der Waals surface area contributed by atoms with Gasteiger partial charge in [-0.3, -0.25) is 4.98 Å². The highest BCUT2D eigenvalue weighted by molar-refractivity contribution is 5.98. The molecular formula is C58H44F16N4O12. The van der Waals surface area contributed by atoms with Gasteiger partial charge in [-0.25, -0.2) is 40.1 Å². The Morgan fingerprint density at radius 1 is 0.322 bits per heavy atom. The van der Waals surface area contributed by atoms with Crippen molar-refractivity contribution in [1.29, 1.82) is 0 Å². The number of aliphatic hydroxyl groups is 8. The minimum Gasteiger partial charge on any atom is -0.485 e. The van der Waals surface area contributed by atoms with Crippen molar-refractivity contribution in [2.75, 3.05) is 52.9 Å². The van der Waals surface area contributed by atoms with Gasteiger partial charge in [0.05, 0.1) is 71.5 Å². The second-order valence-electron chi connectivity index (χ2n) is 19.9. The van der Waals surface area contributed by atoms with E-state index in [0.29, 0.717) is 12.2 Å². The highest BCUT2D eigenvalue weighted by Gasteiger charge is 2.37. The van der Waals surface area contributed by atoms with Gasteiger partial charge < -0.3 is 69.8 Å². The Bertz CT molecular complexity index is 3820. The van der Waals surface area contributed by atoms with Crippen molar-refractivity contribution in [2.45, 2.75) is 50.1 Å². The van der Waals surface area contributed by atoms with Crippen molar-refractivity contribution < 1.29 is 130 Å². The van der Waals surface area contributed by atoms with E-state index < -0.39 is 296 Å². The maximum absolute atomic E-state index is 17.0. The topological polar surface area (TPSA) is 256 Å². The van der Waals surface area contributed by atoms with Crippen molar-refractivity contribution in [1.82, 2.24) is 19.9 Å². The molecule has 480 valence electrons. The van der Waals surface area contributed by atoms with Crippen molar-refractivity contribution in [3.05, 3.63) is 140 Å². The van der Waals surface area contributed by atoms with Crippen LogP contribution in [0.25, 0.3) is 78.7 Å². The molecule has 7 aromatic rings. The molecule has 16 nitrogen and oxygen atoms in total. The van der Waals surface area contributed by atoms with Gasteiger partial charge in [0.25, 0.3) is 0 Å². The van der Waals surface area contributed by atoms with Crippen molar-refractivity contribution in [3.8, 4) is 67.5 Å². The summed E-state index contributed by atoms with van der Waals surface area (Å²) in [4.78, 5) is 13.5. The number of ether oxygens (including phenoxy) is 4. The second kappa shape index (κ2) is 26.9. The van der Waals surface area contributed by atoms with Crippen LogP contribution in [0.2, 0.25) is 0 Å². The largest absolute Gasteiger partial charge is 0.485 e. The third-order valence-corrected chi connectivity index (χ3v) is 13.9. The number of aromatic amines is 2. The van der Waals surface area contributed by atoms with Crippen molar-refractivity contribution in [2.24, 2.45) is 0 Å². The van der Waals surface area contributed by atoms with Crippen LogP contribution in [-0.2, 0) is 12.8 Å². The third kappa shape index (κ3) is 12.1. The molecule has 0 saturated heterocycles. The lowest BCUT2D eigenvalue weighted by Gasteiger charge is -2.17. The van der Waals surface area contributed by atoms with Crippen LogP contribution >= 0.6 is 0 Å². The normalized spacial score (nSPS) is 14.0. The zero-order valence-corrected chi connectivity index (χ0v) is 45.4. The number of nitrogens with one attached hydrogen (secondary N) is 2. The standard InChI is InChI=1S/C58H44F16N4O12/c59-39-35(40(60)48(68)55(47(39)67)87-15-19(83)11-79)31-23-3-1-2-4-24(75-23)32(36-41(61)49(69)56(50(70)42(36)62)88-16-20(84)12-80)26-6-8-28(77-26)34(38-45(65)53(73)58(54(74)46(38)66)90-18-22(86)14-82)30-10-9-29(78-30)33(27-7-5-25(31)76-27)37-43(63)51(71)57(52(72)44(37)64)89-17-21(85)13-81/h5-10,19-22,76-77,79-86H,1-4,11-18H2. The fraction of sp³-hybridized carbons (Fsp3) is 0.276. The van der Waals surface area contributed by atoms with E-state index in [0.717, 1.165) is 24.3 Å². The molecule has 32 heteroatoms. The monoisotopic (exact) mass is 1290 g/mol. The SMILES string of the molecule is OCC(O)COc1c(F)c(F)c(-c2c3nc(c(-c4c(F)c(F)c(OCC(O)CO)c(F)c4F)c4ccc([nH]4)c(-c4c(F)c(F)c(OCC(O)CO)c(F)c4F)c4nc(c(-c5c(F)c(F)c(OCC(O)CO)c(F)c5F)c5ccc2[nH]5)CCCC4)C=C3)c(F)c1F. The molecule has 8 bridgehead atoms. The Morgan fingerprint density at radius 3 is 0.778 bits per heavy atom. The second-order valence-corrected chi connectivity index (χ2v) is 19.9. The Labute approximate surface area is 493 Å². The number of H-pyrrole nitrogens is 2. The summed E-state index contributed by atoms with van der Waals surface area (Å²) < 4.78 is 285. The molecule has 3 aromatic heterocycles. The number of aryl methyl sites for hydroxylation is 2. The van der Waals surface area contributed by atoms with Gasteiger partial charge in [-0.15, -0.1) is 0 Å². The van der Waals surface area contributed by atoms with Crippen molar-refractivity contribution >= 4 is 34.2 Å². The van der Waals surface area contributed by atoms with Gasteiger partial charge in [0.15, 0.2) is 69.5 Å². The van der Waals surface area contributed by atoms with Crippen LogP contribution < -0.4 is 18.9 Å². The number of benzene rings is 4. The van der Waals surface area contributed by atoms with Crippen LogP contribution in [0.5, 0.6) is 23.0 Å². The highest BCUT2D eigenvalue weighted by atomic mass is 19.2. The van der Waals surface area contributed by atoms with E-state index in [-0.39, 0.29) is 12.8 Å². The fourth-order valence-electron chi connectivity index (χ4n) is 9.67. The molecule has 0 amide bonds. The lowest BCUT2D eigenvalue weighted by Crippen LogP contribution is -2.22. The molecule has 9 rings (SSSR count). The summed E-state index contributed by atoms with van der Waals surface area (Å²) in [5.74, 6) is -45.1. The van der Waals surface area contributed by atoms with E-state index in [4.69, 9.17) is 18.9 Å². The molecule has 2 aliphatic rings. The average molecular weight is 1290 g/mol. The quantitative estimate of drug-likeness (QED) is 0.0253. The number of hydrogen-bond donors (Lipinski definition) is 10. The first-order valence-electron chi connectivity index (χ1n) is 26.4. The van der Waals surface area contributed by atoms with Gasteiger partial charge >= 0.3 is 0 Å². The summed E-state index contributed by atoms with van der Waals surface area (Å²) in [6, 6.07) is 2.92. The molecule has 10 N–H and O–H groups in total. The van der Waals surface area contributed by atoms with E-state index in [1.165, 1.54) is 0 Å². The summed E-state index contributed by atoms with van der Waals surface area (Å²) in [5.41, 5.74) is -18.8. The molecule has 0 aliphatic carbocycles. The number of fused-ring (bicyclic) bond motifs is 8. The lowest BCUT2D eigenvalue weighted by atomic mass is 9.98. The van der Waals surface area contributed by atoms with Gasteiger partial charge in [0.1, 0.15) is 50.8 Å². The number of halogens is 16.